The number of aryl methyl sites for hydroxylation is 1. The normalized spacial score (nSPS) is 11.7. The van der Waals surface area contributed by atoms with Crippen LogP contribution in [0.4, 0.5) is 0 Å². The number of hydrogen-bond donors (Lipinski definition) is 0. The number of rotatable bonds is 4. The molecular weight excluding hydrogens is 250 g/mol. The lowest BCUT2D eigenvalue weighted by atomic mass is 10.2. The largest absolute Gasteiger partial charge is 0.314 e. The Morgan fingerprint density at radius 2 is 2.11 bits per heavy atom. The highest BCUT2D eigenvalue weighted by Gasteiger charge is 2.11. The summed E-state index contributed by atoms with van der Waals surface area (Å²) < 4.78 is 25.0. The van der Waals surface area contributed by atoms with Gasteiger partial charge in [0.2, 0.25) is 0 Å². The second-order valence-electron chi connectivity index (χ2n) is 4.15. The third-order valence-electron chi connectivity index (χ3n) is 2.60. The van der Waals surface area contributed by atoms with Crippen LogP contribution in [-0.4, -0.2) is 29.4 Å². The molecule has 0 fully saturated rings. The van der Waals surface area contributed by atoms with Crippen LogP contribution in [0.1, 0.15) is 13.3 Å². The van der Waals surface area contributed by atoms with Gasteiger partial charge in [-0.3, -0.25) is 0 Å². The molecule has 0 aliphatic heterocycles. The van der Waals surface area contributed by atoms with Crippen molar-refractivity contribution < 1.29 is 8.42 Å². The Balaban J connectivity index is 2.48. The van der Waals surface area contributed by atoms with Gasteiger partial charge < -0.3 is 4.57 Å². The van der Waals surface area contributed by atoms with Crippen LogP contribution in [0.25, 0.3) is 11.4 Å². The lowest BCUT2D eigenvalue weighted by Gasteiger charge is -2.06. The standard InChI is InChI=1S/C12H15N3O2S/c1-3-7-15-9-13-14-12(15)10-5-4-6-11(8-10)18(2,16)17/h4-6,8-9H,3,7H2,1-2H3. The molecule has 0 aliphatic rings. The molecule has 6 heteroatoms. The van der Waals surface area contributed by atoms with Crippen molar-refractivity contribution in [1.82, 2.24) is 14.8 Å². The molecule has 0 atom stereocenters. The summed E-state index contributed by atoms with van der Waals surface area (Å²) in [7, 11) is -3.20. The topological polar surface area (TPSA) is 64.8 Å². The van der Waals surface area contributed by atoms with Crippen LogP contribution in [0.3, 0.4) is 0 Å². The maximum absolute atomic E-state index is 11.5. The second kappa shape index (κ2) is 4.89. The van der Waals surface area contributed by atoms with E-state index in [1.54, 1.807) is 24.5 Å². The molecule has 0 saturated carbocycles. The monoisotopic (exact) mass is 265 g/mol. The molecule has 18 heavy (non-hydrogen) atoms. The lowest BCUT2D eigenvalue weighted by Crippen LogP contribution is -2.00. The predicted molar refractivity (Wildman–Crippen MR) is 68.9 cm³/mol. The molecule has 1 heterocycles. The van der Waals surface area contributed by atoms with E-state index >= 15 is 0 Å². The molecule has 0 spiro atoms. The van der Waals surface area contributed by atoms with Gasteiger partial charge in [0.1, 0.15) is 6.33 Å². The second-order valence-corrected chi connectivity index (χ2v) is 6.16. The van der Waals surface area contributed by atoms with E-state index in [4.69, 9.17) is 0 Å². The van der Waals surface area contributed by atoms with Crippen LogP contribution in [0.5, 0.6) is 0 Å². The highest BCUT2D eigenvalue weighted by molar-refractivity contribution is 7.90. The molecule has 5 nitrogen and oxygen atoms in total. The number of benzene rings is 1. The van der Waals surface area contributed by atoms with Gasteiger partial charge in [-0.1, -0.05) is 19.1 Å². The van der Waals surface area contributed by atoms with Crippen molar-refractivity contribution in [3.05, 3.63) is 30.6 Å². The Bertz CT molecular complexity index is 647. The van der Waals surface area contributed by atoms with Crippen molar-refractivity contribution in [2.24, 2.45) is 0 Å². The summed E-state index contributed by atoms with van der Waals surface area (Å²) in [5.41, 5.74) is 0.767. The zero-order valence-corrected chi connectivity index (χ0v) is 11.2. The summed E-state index contributed by atoms with van der Waals surface area (Å²) in [6.45, 7) is 2.88. The highest BCUT2D eigenvalue weighted by atomic mass is 32.2. The first-order valence-electron chi connectivity index (χ1n) is 5.70. The number of nitrogens with zero attached hydrogens (tertiary/aromatic N) is 3. The molecule has 0 amide bonds. The molecule has 0 unspecified atom stereocenters. The summed E-state index contributed by atoms with van der Waals surface area (Å²) in [6.07, 6.45) is 3.83. The fraction of sp³-hybridized carbons (Fsp3) is 0.333. The summed E-state index contributed by atoms with van der Waals surface area (Å²) in [6, 6.07) is 6.77. The molecule has 1 aromatic carbocycles. The van der Waals surface area contributed by atoms with Crippen molar-refractivity contribution in [3.63, 3.8) is 0 Å². The molecule has 0 aliphatic carbocycles. The fourth-order valence-corrected chi connectivity index (χ4v) is 2.42. The highest BCUT2D eigenvalue weighted by Crippen LogP contribution is 2.20. The Labute approximate surface area is 106 Å². The van der Waals surface area contributed by atoms with Crippen LogP contribution in [0.2, 0.25) is 0 Å². The van der Waals surface area contributed by atoms with Gasteiger partial charge in [0.15, 0.2) is 15.7 Å². The first-order chi connectivity index (χ1) is 8.52. The zero-order valence-electron chi connectivity index (χ0n) is 10.4. The van der Waals surface area contributed by atoms with Crippen molar-refractivity contribution >= 4 is 9.84 Å². The predicted octanol–water partition coefficient (Wildman–Crippen LogP) is 1.76. The minimum atomic E-state index is -3.20. The van der Waals surface area contributed by atoms with E-state index < -0.39 is 9.84 Å². The molecule has 0 saturated heterocycles. The van der Waals surface area contributed by atoms with E-state index in [1.165, 1.54) is 6.26 Å². The van der Waals surface area contributed by atoms with Crippen LogP contribution in [0.15, 0.2) is 35.5 Å². The van der Waals surface area contributed by atoms with Crippen molar-refractivity contribution in [2.45, 2.75) is 24.8 Å². The van der Waals surface area contributed by atoms with E-state index in [9.17, 15) is 8.42 Å². The maximum Gasteiger partial charge on any atom is 0.175 e. The van der Waals surface area contributed by atoms with Gasteiger partial charge in [-0.05, 0) is 18.6 Å². The minimum Gasteiger partial charge on any atom is -0.314 e. The molecule has 0 N–H and O–H groups in total. The van der Waals surface area contributed by atoms with Crippen LogP contribution in [-0.2, 0) is 16.4 Å². The molecule has 96 valence electrons. The van der Waals surface area contributed by atoms with Gasteiger partial charge in [-0.25, -0.2) is 8.42 Å². The van der Waals surface area contributed by atoms with Gasteiger partial charge in [0, 0.05) is 18.4 Å². The van der Waals surface area contributed by atoms with E-state index in [1.807, 2.05) is 10.6 Å². The SMILES string of the molecule is CCCn1cnnc1-c1cccc(S(C)(=O)=O)c1. The van der Waals surface area contributed by atoms with Crippen LogP contribution >= 0.6 is 0 Å². The van der Waals surface area contributed by atoms with Crippen molar-refractivity contribution in [3.8, 4) is 11.4 Å². The Morgan fingerprint density at radius 1 is 1.33 bits per heavy atom. The quantitative estimate of drug-likeness (QED) is 0.845. The summed E-state index contributed by atoms with van der Waals surface area (Å²) in [5.74, 6) is 0.697. The molecule has 2 rings (SSSR count). The van der Waals surface area contributed by atoms with E-state index in [0.717, 1.165) is 18.5 Å². The van der Waals surface area contributed by atoms with Crippen molar-refractivity contribution in [2.75, 3.05) is 6.26 Å². The van der Waals surface area contributed by atoms with E-state index in [-0.39, 0.29) is 0 Å². The molecule has 1 aromatic heterocycles. The lowest BCUT2D eigenvalue weighted by molar-refractivity contribution is 0.602. The maximum atomic E-state index is 11.5. The van der Waals surface area contributed by atoms with E-state index in [0.29, 0.717) is 10.7 Å². The van der Waals surface area contributed by atoms with Gasteiger partial charge >= 0.3 is 0 Å². The third kappa shape index (κ3) is 2.59. The van der Waals surface area contributed by atoms with Gasteiger partial charge in [0.05, 0.1) is 4.90 Å². The molecule has 0 radical (unpaired) electrons. The third-order valence-corrected chi connectivity index (χ3v) is 3.71. The number of hydrogen-bond acceptors (Lipinski definition) is 4. The Morgan fingerprint density at radius 3 is 2.78 bits per heavy atom. The fourth-order valence-electron chi connectivity index (χ4n) is 1.75. The van der Waals surface area contributed by atoms with Gasteiger partial charge in [-0.15, -0.1) is 10.2 Å². The van der Waals surface area contributed by atoms with Crippen LogP contribution < -0.4 is 0 Å². The summed E-state index contributed by atoms with van der Waals surface area (Å²) in [5, 5.41) is 7.92. The summed E-state index contributed by atoms with van der Waals surface area (Å²) >= 11 is 0. The smallest absolute Gasteiger partial charge is 0.175 e. The van der Waals surface area contributed by atoms with Gasteiger partial charge in [0.25, 0.3) is 0 Å². The van der Waals surface area contributed by atoms with Crippen LogP contribution in [0, 0.1) is 0 Å². The Kier molecular flexibility index (Phi) is 3.47. The molecule has 0 bridgehead atoms. The number of sulfone groups is 1. The molecular formula is C12H15N3O2S. The zero-order chi connectivity index (χ0) is 13.2. The van der Waals surface area contributed by atoms with E-state index in [2.05, 4.69) is 17.1 Å². The first kappa shape index (κ1) is 12.8. The minimum absolute atomic E-state index is 0.297. The average Bonchev–Trinajstić information content (AvgIpc) is 2.77. The number of aromatic nitrogens is 3. The van der Waals surface area contributed by atoms with Crippen molar-refractivity contribution in [1.29, 1.82) is 0 Å². The molecule has 2 aromatic rings. The first-order valence-corrected chi connectivity index (χ1v) is 7.60. The Hall–Kier alpha value is -1.69. The van der Waals surface area contributed by atoms with Gasteiger partial charge in [-0.2, -0.15) is 0 Å². The summed E-state index contributed by atoms with van der Waals surface area (Å²) in [4.78, 5) is 0.297. The average molecular weight is 265 g/mol.